The highest BCUT2D eigenvalue weighted by Crippen LogP contribution is 2.27. The zero-order chi connectivity index (χ0) is 27.2. The molecule has 2 atom stereocenters. The number of halogens is 3. The van der Waals surface area contributed by atoms with Gasteiger partial charge in [-0.15, -0.1) is 10.2 Å². The standard InChI is InChI=1S/C26H29ClF2N6O3/c1-16(2)12-23(26(37)30-14-20-4-3-11-38-20)35(19-9-10-22(29)21(27)13-19)24(36)15-34-32-25(31-33-34)17-5-7-18(28)8-6-17/h5-10,13,16,20,23H,3-4,11-12,14-15H2,1-2H3,(H,30,37)/t20-,23-/m0/s1. The molecule has 1 aliphatic rings. The Bertz CT molecular complexity index is 1260. The van der Waals surface area contributed by atoms with E-state index in [-0.39, 0.29) is 41.0 Å². The summed E-state index contributed by atoms with van der Waals surface area (Å²) in [5, 5.41) is 14.9. The van der Waals surface area contributed by atoms with E-state index in [1.807, 2.05) is 13.8 Å². The van der Waals surface area contributed by atoms with Crippen molar-refractivity contribution in [3.8, 4) is 11.4 Å². The average Bonchev–Trinajstić information content (AvgIpc) is 3.57. The van der Waals surface area contributed by atoms with Gasteiger partial charge < -0.3 is 10.1 Å². The molecule has 0 spiro atoms. The number of tetrazole rings is 1. The number of hydrogen-bond acceptors (Lipinski definition) is 6. The molecule has 2 aromatic carbocycles. The van der Waals surface area contributed by atoms with Gasteiger partial charge in [0.05, 0.1) is 11.1 Å². The van der Waals surface area contributed by atoms with Crippen LogP contribution < -0.4 is 10.2 Å². The van der Waals surface area contributed by atoms with Gasteiger partial charge in [0.15, 0.2) is 0 Å². The molecule has 3 aromatic rings. The van der Waals surface area contributed by atoms with E-state index < -0.39 is 23.6 Å². The summed E-state index contributed by atoms with van der Waals surface area (Å²) in [6, 6.07) is 8.50. The summed E-state index contributed by atoms with van der Waals surface area (Å²) < 4.78 is 32.9. The Balaban J connectivity index is 1.61. The van der Waals surface area contributed by atoms with E-state index in [1.54, 1.807) is 0 Å². The molecule has 1 aromatic heterocycles. The van der Waals surface area contributed by atoms with Gasteiger partial charge in [-0.2, -0.15) is 4.80 Å². The highest BCUT2D eigenvalue weighted by atomic mass is 35.5. The van der Waals surface area contributed by atoms with Crippen molar-refractivity contribution >= 4 is 29.1 Å². The summed E-state index contributed by atoms with van der Waals surface area (Å²) in [5.74, 6) is -1.67. The van der Waals surface area contributed by atoms with Crippen LogP contribution in [0.1, 0.15) is 33.1 Å². The highest BCUT2D eigenvalue weighted by Gasteiger charge is 2.33. The number of amides is 2. The second-order valence-electron chi connectivity index (χ2n) is 9.54. The van der Waals surface area contributed by atoms with Crippen molar-refractivity contribution in [1.29, 1.82) is 0 Å². The first kappa shape index (κ1) is 27.6. The van der Waals surface area contributed by atoms with Crippen molar-refractivity contribution in [3.05, 3.63) is 59.1 Å². The molecule has 2 heterocycles. The number of aromatic nitrogens is 4. The number of carbonyl (C=O) groups excluding carboxylic acids is 2. The van der Waals surface area contributed by atoms with Crippen LogP contribution in [0.25, 0.3) is 11.4 Å². The molecule has 0 unspecified atom stereocenters. The Kier molecular flexibility index (Phi) is 9.01. The lowest BCUT2D eigenvalue weighted by atomic mass is 10.00. The van der Waals surface area contributed by atoms with Crippen LogP contribution in [0, 0.1) is 17.6 Å². The maximum absolute atomic E-state index is 14.0. The Morgan fingerprint density at radius 3 is 2.63 bits per heavy atom. The lowest BCUT2D eigenvalue weighted by molar-refractivity contribution is -0.127. The van der Waals surface area contributed by atoms with Gasteiger partial charge in [0.25, 0.3) is 5.91 Å². The first-order chi connectivity index (χ1) is 18.2. The second kappa shape index (κ2) is 12.4. The van der Waals surface area contributed by atoms with E-state index in [4.69, 9.17) is 16.3 Å². The monoisotopic (exact) mass is 546 g/mol. The molecule has 38 heavy (non-hydrogen) atoms. The van der Waals surface area contributed by atoms with Gasteiger partial charge in [0, 0.05) is 24.4 Å². The topological polar surface area (TPSA) is 102 Å². The predicted molar refractivity (Wildman–Crippen MR) is 137 cm³/mol. The SMILES string of the molecule is CC(C)C[C@@H](C(=O)NC[C@@H]1CCCO1)N(C(=O)Cn1nnc(-c2ccc(F)cc2)n1)c1ccc(F)c(Cl)c1. The summed E-state index contributed by atoms with van der Waals surface area (Å²) >= 11 is 6.05. The fourth-order valence-corrected chi connectivity index (χ4v) is 4.44. The lowest BCUT2D eigenvalue weighted by Crippen LogP contribution is -2.52. The number of anilines is 1. The lowest BCUT2D eigenvalue weighted by Gasteiger charge is -2.32. The predicted octanol–water partition coefficient (Wildman–Crippen LogP) is 4.01. The molecule has 9 nitrogen and oxygen atoms in total. The summed E-state index contributed by atoms with van der Waals surface area (Å²) in [6.07, 6.45) is 2.04. The molecular formula is C26H29ClF2N6O3. The fraction of sp³-hybridized carbons (Fsp3) is 0.423. The van der Waals surface area contributed by atoms with Crippen LogP contribution in [0.4, 0.5) is 14.5 Å². The summed E-state index contributed by atoms with van der Waals surface area (Å²) in [5.41, 5.74) is 0.789. The molecule has 4 rings (SSSR count). The van der Waals surface area contributed by atoms with Crippen molar-refractivity contribution in [3.63, 3.8) is 0 Å². The van der Waals surface area contributed by atoms with Gasteiger partial charge in [-0.1, -0.05) is 25.4 Å². The molecule has 0 bridgehead atoms. The van der Waals surface area contributed by atoms with Gasteiger partial charge in [-0.05, 0) is 72.9 Å². The minimum Gasteiger partial charge on any atom is -0.376 e. The summed E-state index contributed by atoms with van der Waals surface area (Å²) in [7, 11) is 0. The normalized spacial score (nSPS) is 16.0. The molecule has 0 radical (unpaired) electrons. The maximum Gasteiger partial charge on any atom is 0.251 e. The molecule has 1 saturated heterocycles. The minimum absolute atomic E-state index is 0.0503. The van der Waals surface area contributed by atoms with E-state index >= 15 is 0 Å². The van der Waals surface area contributed by atoms with Crippen molar-refractivity contribution < 1.29 is 23.1 Å². The van der Waals surface area contributed by atoms with Crippen molar-refractivity contribution in [1.82, 2.24) is 25.5 Å². The summed E-state index contributed by atoms with van der Waals surface area (Å²) in [4.78, 5) is 29.5. The molecule has 2 amide bonds. The molecule has 1 N–H and O–H groups in total. The van der Waals surface area contributed by atoms with E-state index in [9.17, 15) is 18.4 Å². The van der Waals surface area contributed by atoms with Crippen LogP contribution >= 0.6 is 11.6 Å². The molecule has 0 aliphatic carbocycles. The van der Waals surface area contributed by atoms with E-state index in [1.165, 1.54) is 41.3 Å². The maximum atomic E-state index is 14.0. The average molecular weight is 547 g/mol. The Labute approximate surface area is 224 Å². The van der Waals surface area contributed by atoms with Crippen LogP contribution in [-0.4, -0.2) is 57.3 Å². The first-order valence-electron chi connectivity index (χ1n) is 12.4. The smallest absolute Gasteiger partial charge is 0.251 e. The quantitative estimate of drug-likeness (QED) is 0.412. The van der Waals surface area contributed by atoms with Crippen molar-refractivity contribution in [2.45, 2.75) is 51.8 Å². The van der Waals surface area contributed by atoms with Crippen molar-refractivity contribution in [2.24, 2.45) is 5.92 Å². The van der Waals surface area contributed by atoms with E-state index in [2.05, 4.69) is 20.7 Å². The zero-order valence-corrected chi connectivity index (χ0v) is 21.9. The van der Waals surface area contributed by atoms with Gasteiger partial charge in [-0.25, -0.2) is 8.78 Å². The van der Waals surface area contributed by atoms with Crippen LogP contribution in [0.2, 0.25) is 5.02 Å². The fourth-order valence-electron chi connectivity index (χ4n) is 4.27. The van der Waals surface area contributed by atoms with Crippen molar-refractivity contribution in [2.75, 3.05) is 18.1 Å². The second-order valence-corrected chi connectivity index (χ2v) is 9.95. The largest absolute Gasteiger partial charge is 0.376 e. The van der Waals surface area contributed by atoms with Crippen LogP contribution in [0.5, 0.6) is 0 Å². The third-order valence-corrected chi connectivity index (χ3v) is 6.41. The third-order valence-electron chi connectivity index (χ3n) is 6.12. The Morgan fingerprint density at radius 1 is 1.21 bits per heavy atom. The van der Waals surface area contributed by atoms with Gasteiger partial charge in [0.1, 0.15) is 24.2 Å². The van der Waals surface area contributed by atoms with Gasteiger partial charge in [0.2, 0.25) is 11.7 Å². The molecule has 1 aliphatic heterocycles. The highest BCUT2D eigenvalue weighted by molar-refractivity contribution is 6.31. The minimum atomic E-state index is -0.912. The number of hydrogen-bond donors (Lipinski definition) is 1. The molecule has 0 saturated carbocycles. The number of carbonyl (C=O) groups is 2. The first-order valence-corrected chi connectivity index (χ1v) is 12.8. The van der Waals surface area contributed by atoms with Gasteiger partial charge >= 0.3 is 0 Å². The number of benzene rings is 2. The number of nitrogens with zero attached hydrogens (tertiary/aromatic N) is 5. The number of ether oxygens (including phenoxy) is 1. The van der Waals surface area contributed by atoms with E-state index in [0.717, 1.165) is 23.7 Å². The third kappa shape index (κ3) is 6.90. The number of nitrogens with one attached hydrogen (secondary N) is 1. The molecular weight excluding hydrogens is 518 g/mol. The summed E-state index contributed by atoms with van der Waals surface area (Å²) in [6.45, 7) is 4.50. The zero-order valence-electron chi connectivity index (χ0n) is 21.1. The van der Waals surface area contributed by atoms with Crippen LogP contribution in [0.3, 0.4) is 0 Å². The van der Waals surface area contributed by atoms with E-state index in [0.29, 0.717) is 25.1 Å². The van der Waals surface area contributed by atoms with Gasteiger partial charge in [-0.3, -0.25) is 14.5 Å². The number of rotatable bonds is 10. The molecule has 1 fully saturated rings. The van der Waals surface area contributed by atoms with Crippen LogP contribution in [0.15, 0.2) is 42.5 Å². The molecule has 12 heteroatoms. The molecule has 202 valence electrons. The Hall–Kier alpha value is -3.44. The van der Waals surface area contributed by atoms with Crippen LogP contribution in [-0.2, 0) is 20.9 Å². The Morgan fingerprint density at radius 2 is 1.97 bits per heavy atom.